The molecular formula is C19H25NO. The van der Waals surface area contributed by atoms with E-state index in [1.165, 1.54) is 29.5 Å². The summed E-state index contributed by atoms with van der Waals surface area (Å²) in [6, 6.07) is 10.7. The molecule has 0 spiro atoms. The van der Waals surface area contributed by atoms with Gasteiger partial charge in [0.2, 0.25) is 0 Å². The minimum atomic E-state index is 0.365. The van der Waals surface area contributed by atoms with Crippen molar-refractivity contribution in [3.8, 4) is 0 Å². The molecule has 1 aromatic heterocycles. The van der Waals surface area contributed by atoms with Crippen LogP contribution in [0.3, 0.4) is 0 Å². The predicted octanol–water partition coefficient (Wildman–Crippen LogP) is 4.93. The van der Waals surface area contributed by atoms with Gasteiger partial charge >= 0.3 is 0 Å². The van der Waals surface area contributed by atoms with Crippen molar-refractivity contribution < 1.29 is 4.84 Å². The molecule has 0 saturated carbocycles. The van der Waals surface area contributed by atoms with Crippen LogP contribution in [0.1, 0.15) is 45.7 Å². The van der Waals surface area contributed by atoms with Crippen LogP contribution in [-0.4, -0.2) is 11.8 Å². The third kappa shape index (κ3) is 2.59. The van der Waals surface area contributed by atoms with Crippen LogP contribution in [-0.2, 0) is 0 Å². The standard InChI is InChI=1S/C19H25NO/c1-19(2,3)16-10-7-9-14(12-16)18-13-15-8-5-6-11-17(15)20(18)21-4/h5-6,8-9,11,13,16H,7,10,12H2,1-4H3. The van der Waals surface area contributed by atoms with Crippen LogP contribution < -0.4 is 4.84 Å². The van der Waals surface area contributed by atoms with E-state index in [2.05, 4.69) is 57.2 Å². The zero-order chi connectivity index (χ0) is 15.0. The number of hydrogen-bond donors (Lipinski definition) is 0. The molecule has 2 heteroatoms. The molecule has 112 valence electrons. The average Bonchev–Trinajstić information content (AvgIpc) is 2.85. The number of hydrogen-bond acceptors (Lipinski definition) is 1. The Labute approximate surface area is 127 Å². The molecule has 1 aromatic carbocycles. The fourth-order valence-electron chi connectivity index (χ4n) is 3.41. The van der Waals surface area contributed by atoms with E-state index in [1.807, 2.05) is 4.73 Å². The van der Waals surface area contributed by atoms with Gasteiger partial charge in [-0.25, -0.2) is 0 Å². The maximum absolute atomic E-state index is 5.65. The topological polar surface area (TPSA) is 14.2 Å². The van der Waals surface area contributed by atoms with Crippen LogP contribution in [0.4, 0.5) is 0 Å². The predicted molar refractivity (Wildman–Crippen MR) is 89.2 cm³/mol. The first-order valence-corrected chi connectivity index (χ1v) is 7.85. The Kier molecular flexibility index (Phi) is 3.56. The van der Waals surface area contributed by atoms with Gasteiger partial charge in [-0.1, -0.05) is 45.0 Å². The summed E-state index contributed by atoms with van der Waals surface area (Å²) in [5, 5.41) is 1.24. The van der Waals surface area contributed by atoms with E-state index in [0.717, 1.165) is 17.9 Å². The van der Waals surface area contributed by atoms with Gasteiger partial charge in [0.15, 0.2) is 0 Å². The second kappa shape index (κ2) is 5.25. The van der Waals surface area contributed by atoms with E-state index in [0.29, 0.717) is 5.41 Å². The smallest absolute Gasteiger partial charge is 0.104 e. The van der Waals surface area contributed by atoms with E-state index in [4.69, 9.17) is 4.84 Å². The summed E-state index contributed by atoms with van der Waals surface area (Å²) >= 11 is 0. The molecule has 1 atom stereocenters. The molecule has 0 fully saturated rings. The molecule has 0 amide bonds. The van der Waals surface area contributed by atoms with E-state index >= 15 is 0 Å². The van der Waals surface area contributed by atoms with Crippen LogP contribution in [0.2, 0.25) is 0 Å². The lowest BCUT2D eigenvalue weighted by molar-refractivity contribution is 0.175. The number of rotatable bonds is 2. The molecule has 0 aliphatic heterocycles. The first kappa shape index (κ1) is 14.2. The van der Waals surface area contributed by atoms with Gasteiger partial charge in [-0.3, -0.25) is 0 Å². The highest BCUT2D eigenvalue weighted by molar-refractivity contribution is 5.85. The third-order valence-electron chi connectivity index (χ3n) is 4.78. The highest BCUT2D eigenvalue weighted by Crippen LogP contribution is 2.41. The summed E-state index contributed by atoms with van der Waals surface area (Å²) in [5.74, 6) is 0.737. The van der Waals surface area contributed by atoms with Crippen LogP contribution in [0, 0.1) is 11.3 Å². The second-order valence-electron chi connectivity index (χ2n) is 7.14. The SMILES string of the molecule is COn1c(C2=CCCC(C(C)(C)C)C2)cc2ccccc21. The highest BCUT2D eigenvalue weighted by Gasteiger charge is 2.28. The molecular weight excluding hydrogens is 258 g/mol. The molecule has 1 aliphatic carbocycles. The van der Waals surface area contributed by atoms with Crippen molar-refractivity contribution in [2.24, 2.45) is 11.3 Å². The Morgan fingerprint density at radius 3 is 2.67 bits per heavy atom. The zero-order valence-corrected chi connectivity index (χ0v) is 13.5. The van der Waals surface area contributed by atoms with Crippen molar-refractivity contribution in [1.82, 2.24) is 4.73 Å². The van der Waals surface area contributed by atoms with Crippen molar-refractivity contribution in [3.63, 3.8) is 0 Å². The van der Waals surface area contributed by atoms with Crippen molar-refractivity contribution in [1.29, 1.82) is 0 Å². The summed E-state index contributed by atoms with van der Waals surface area (Å²) in [4.78, 5) is 5.65. The monoisotopic (exact) mass is 283 g/mol. The van der Waals surface area contributed by atoms with Crippen molar-refractivity contribution in [2.45, 2.75) is 40.0 Å². The van der Waals surface area contributed by atoms with Gasteiger partial charge in [0.25, 0.3) is 0 Å². The molecule has 0 saturated heterocycles. The molecule has 1 aliphatic rings. The number of para-hydroxylation sites is 1. The van der Waals surface area contributed by atoms with Crippen LogP contribution in [0.15, 0.2) is 36.4 Å². The summed E-state index contributed by atoms with van der Waals surface area (Å²) in [5.41, 5.74) is 4.16. The van der Waals surface area contributed by atoms with Crippen molar-refractivity contribution >= 4 is 16.5 Å². The number of fused-ring (bicyclic) bond motifs is 1. The number of aromatic nitrogens is 1. The van der Waals surface area contributed by atoms with E-state index in [9.17, 15) is 0 Å². The molecule has 0 radical (unpaired) electrons. The van der Waals surface area contributed by atoms with Gasteiger partial charge in [0, 0.05) is 5.39 Å². The van der Waals surface area contributed by atoms with Gasteiger partial charge in [0.05, 0.1) is 11.2 Å². The summed E-state index contributed by atoms with van der Waals surface area (Å²) in [7, 11) is 1.75. The Morgan fingerprint density at radius 1 is 1.19 bits per heavy atom. The second-order valence-corrected chi connectivity index (χ2v) is 7.14. The molecule has 21 heavy (non-hydrogen) atoms. The first-order chi connectivity index (χ1) is 10.0. The number of allylic oxidation sites excluding steroid dienone is 2. The largest absolute Gasteiger partial charge is 0.417 e. The third-order valence-corrected chi connectivity index (χ3v) is 4.78. The first-order valence-electron chi connectivity index (χ1n) is 7.85. The Bertz CT molecular complexity index is 672. The van der Waals surface area contributed by atoms with Gasteiger partial charge < -0.3 is 4.84 Å². The number of benzene rings is 1. The lowest BCUT2D eigenvalue weighted by Gasteiger charge is -2.34. The number of nitrogens with zero attached hydrogens (tertiary/aromatic N) is 1. The maximum atomic E-state index is 5.65. The lowest BCUT2D eigenvalue weighted by atomic mass is 9.72. The van der Waals surface area contributed by atoms with Crippen molar-refractivity contribution in [2.75, 3.05) is 7.11 Å². The molecule has 0 bridgehead atoms. The molecule has 3 rings (SSSR count). The van der Waals surface area contributed by atoms with Crippen LogP contribution >= 0.6 is 0 Å². The maximum Gasteiger partial charge on any atom is 0.104 e. The average molecular weight is 283 g/mol. The van der Waals surface area contributed by atoms with E-state index < -0.39 is 0 Å². The van der Waals surface area contributed by atoms with Gasteiger partial charge in [-0.2, -0.15) is 4.73 Å². The molecule has 1 heterocycles. The van der Waals surface area contributed by atoms with Crippen molar-refractivity contribution in [3.05, 3.63) is 42.1 Å². The minimum Gasteiger partial charge on any atom is -0.417 e. The highest BCUT2D eigenvalue weighted by atomic mass is 16.6. The molecule has 2 aromatic rings. The Balaban J connectivity index is 2.02. The summed E-state index contributed by atoms with van der Waals surface area (Å²) < 4.78 is 1.98. The van der Waals surface area contributed by atoms with Crippen LogP contribution in [0.5, 0.6) is 0 Å². The van der Waals surface area contributed by atoms with Crippen LogP contribution in [0.25, 0.3) is 16.5 Å². The fourth-order valence-corrected chi connectivity index (χ4v) is 3.41. The summed E-state index contributed by atoms with van der Waals surface area (Å²) in [6.45, 7) is 7.06. The van der Waals surface area contributed by atoms with E-state index in [1.54, 1.807) is 7.11 Å². The fraction of sp³-hybridized carbons (Fsp3) is 0.474. The normalized spacial score (nSPS) is 19.6. The molecule has 2 nitrogen and oxygen atoms in total. The van der Waals surface area contributed by atoms with E-state index in [-0.39, 0.29) is 0 Å². The Hall–Kier alpha value is -1.70. The van der Waals surface area contributed by atoms with Gasteiger partial charge in [-0.05, 0) is 48.3 Å². The molecule has 0 N–H and O–H groups in total. The zero-order valence-electron chi connectivity index (χ0n) is 13.5. The Morgan fingerprint density at radius 2 is 1.95 bits per heavy atom. The summed E-state index contributed by atoms with van der Waals surface area (Å²) in [6.07, 6.45) is 6.00. The molecule has 1 unspecified atom stereocenters. The van der Waals surface area contributed by atoms with Gasteiger partial charge in [-0.15, -0.1) is 0 Å². The lowest BCUT2D eigenvalue weighted by Crippen LogP contribution is -2.23. The quantitative estimate of drug-likeness (QED) is 0.762. The minimum absolute atomic E-state index is 0.365. The van der Waals surface area contributed by atoms with Gasteiger partial charge in [0.1, 0.15) is 7.11 Å².